The lowest BCUT2D eigenvalue weighted by Crippen LogP contribution is -2.16. The lowest BCUT2D eigenvalue weighted by atomic mass is 10.2. The van der Waals surface area contributed by atoms with Crippen molar-refractivity contribution in [1.82, 2.24) is 0 Å². The van der Waals surface area contributed by atoms with Gasteiger partial charge >= 0.3 is 0 Å². The van der Waals surface area contributed by atoms with Crippen LogP contribution in [0.15, 0.2) is 72.9 Å². The van der Waals surface area contributed by atoms with Gasteiger partial charge in [-0.25, -0.2) is 0 Å². The highest BCUT2D eigenvalue weighted by Crippen LogP contribution is 2.00. The zero-order chi connectivity index (χ0) is 19.1. The van der Waals surface area contributed by atoms with E-state index in [-0.39, 0.29) is 12.7 Å². The van der Waals surface area contributed by atoms with Crippen molar-refractivity contribution in [1.29, 1.82) is 0 Å². The van der Waals surface area contributed by atoms with Crippen LogP contribution in [0, 0.1) is 0 Å². The minimum absolute atomic E-state index is 0.0652. The highest BCUT2D eigenvalue weighted by molar-refractivity contribution is 5.01. The van der Waals surface area contributed by atoms with Crippen LogP contribution in [-0.2, 0) is 4.74 Å². The van der Waals surface area contributed by atoms with Crippen molar-refractivity contribution in [2.24, 2.45) is 0 Å². The Morgan fingerprint density at radius 2 is 1.00 bits per heavy atom. The van der Waals surface area contributed by atoms with Crippen molar-refractivity contribution in [3.63, 3.8) is 0 Å². The van der Waals surface area contributed by atoms with E-state index >= 15 is 0 Å². The molecule has 1 unspecified atom stereocenters. The van der Waals surface area contributed by atoms with Crippen molar-refractivity contribution in [3.8, 4) is 0 Å². The summed E-state index contributed by atoms with van der Waals surface area (Å²) in [6.45, 7) is 4.83. The molecule has 1 atom stereocenters. The lowest BCUT2D eigenvalue weighted by Gasteiger charge is -2.10. The molecule has 0 rings (SSSR count). The molecule has 0 amide bonds. The van der Waals surface area contributed by atoms with Gasteiger partial charge in [-0.15, -0.1) is 0 Å². The summed E-state index contributed by atoms with van der Waals surface area (Å²) in [6.07, 6.45) is 33.0. The molecular weight excluding hydrogens is 320 g/mol. The number of allylic oxidation sites excluding steroid dienone is 11. The normalized spacial score (nSPS) is 14.4. The Morgan fingerprint density at radius 3 is 1.35 bits per heavy atom. The smallest absolute Gasteiger partial charge is 0.0839 e. The molecule has 0 aromatic heterocycles. The van der Waals surface area contributed by atoms with Gasteiger partial charge in [-0.05, 0) is 51.9 Å². The van der Waals surface area contributed by atoms with Crippen molar-refractivity contribution in [3.05, 3.63) is 72.9 Å². The third kappa shape index (κ3) is 18.7. The number of hydrogen-bond acceptors (Lipinski definition) is 2. The van der Waals surface area contributed by atoms with E-state index in [1.165, 1.54) is 0 Å². The van der Waals surface area contributed by atoms with Gasteiger partial charge in [0.2, 0.25) is 0 Å². The molecule has 0 saturated heterocycles. The maximum atomic E-state index is 9.11. The highest BCUT2D eigenvalue weighted by Gasteiger charge is 2.02. The van der Waals surface area contributed by atoms with E-state index in [4.69, 9.17) is 9.84 Å². The maximum absolute atomic E-state index is 9.11. The zero-order valence-corrected chi connectivity index (χ0v) is 16.7. The number of aliphatic hydroxyl groups excluding tert-OH is 1. The first-order valence-corrected chi connectivity index (χ1v) is 9.97. The van der Waals surface area contributed by atoms with Gasteiger partial charge in [-0.3, -0.25) is 0 Å². The topological polar surface area (TPSA) is 29.5 Å². The third-order valence-corrected chi connectivity index (χ3v) is 3.60. The van der Waals surface area contributed by atoms with Crippen molar-refractivity contribution < 1.29 is 9.84 Å². The molecule has 0 saturated carbocycles. The van der Waals surface area contributed by atoms with Crippen LogP contribution in [-0.4, -0.2) is 24.4 Å². The van der Waals surface area contributed by atoms with E-state index in [2.05, 4.69) is 79.8 Å². The second-order valence-electron chi connectivity index (χ2n) is 5.91. The monoisotopic (exact) mass is 358 g/mol. The van der Waals surface area contributed by atoms with Crippen molar-refractivity contribution in [2.45, 2.75) is 64.9 Å². The van der Waals surface area contributed by atoms with E-state index in [0.29, 0.717) is 6.61 Å². The van der Waals surface area contributed by atoms with E-state index in [1.54, 1.807) is 0 Å². The Labute approximate surface area is 161 Å². The Morgan fingerprint density at radius 1 is 0.615 bits per heavy atom. The third-order valence-electron chi connectivity index (χ3n) is 3.60. The van der Waals surface area contributed by atoms with Crippen LogP contribution < -0.4 is 0 Å². The SMILES string of the molecule is CCC=CCC=CCC=CCC=CCC=CCC=CCC(CO)OCC. The fraction of sp³-hybridized carbons (Fsp3) is 0.500. The predicted molar refractivity (Wildman–Crippen MR) is 115 cm³/mol. The molecule has 0 aliphatic heterocycles. The summed E-state index contributed by atoms with van der Waals surface area (Å²) >= 11 is 0. The Balaban J connectivity index is 3.61. The summed E-state index contributed by atoms with van der Waals surface area (Å²) < 4.78 is 5.38. The average molecular weight is 359 g/mol. The summed E-state index contributed by atoms with van der Waals surface area (Å²) in [4.78, 5) is 0. The molecule has 2 heteroatoms. The molecule has 26 heavy (non-hydrogen) atoms. The summed E-state index contributed by atoms with van der Waals surface area (Å²) in [5, 5.41) is 9.11. The standard InChI is InChI=1S/C24H38O2/c1-3-5-6-7-8-9-10-11-12-13-14-15-16-17-18-19-20-21-22-24(23-25)26-4-2/h5-6,8-9,11-12,14-15,17-18,20-21,24-25H,3-4,7,10,13,16,19,22-23H2,1-2H3. The van der Waals surface area contributed by atoms with Crippen LogP contribution >= 0.6 is 0 Å². The van der Waals surface area contributed by atoms with Gasteiger partial charge in [0.25, 0.3) is 0 Å². The molecular formula is C24H38O2. The molecule has 0 aliphatic rings. The van der Waals surface area contributed by atoms with Crippen molar-refractivity contribution in [2.75, 3.05) is 13.2 Å². The van der Waals surface area contributed by atoms with Gasteiger partial charge in [-0.2, -0.15) is 0 Å². The minimum Gasteiger partial charge on any atom is -0.394 e. The quantitative estimate of drug-likeness (QED) is 0.320. The Kier molecular flexibility index (Phi) is 20.1. The second-order valence-corrected chi connectivity index (χ2v) is 5.91. The molecule has 0 fully saturated rings. The van der Waals surface area contributed by atoms with Gasteiger partial charge < -0.3 is 9.84 Å². The maximum Gasteiger partial charge on any atom is 0.0839 e. The van der Waals surface area contributed by atoms with Crippen molar-refractivity contribution >= 4 is 0 Å². The largest absolute Gasteiger partial charge is 0.394 e. The van der Waals surface area contributed by atoms with Crippen LogP contribution in [0.2, 0.25) is 0 Å². The van der Waals surface area contributed by atoms with E-state index in [0.717, 1.165) is 44.9 Å². The molecule has 0 aromatic carbocycles. The lowest BCUT2D eigenvalue weighted by molar-refractivity contribution is 0.0223. The molecule has 0 spiro atoms. The van der Waals surface area contributed by atoms with Crippen LogP contribution in [0.25, 0.3) is 0 Å². The average Bonchev–Trinajstić information content (AvgIpc) is 2.66. The molecule has 0 aliphatic carbocycles. The molecule has 0 radical (unpaired) electrons. The van der Waals surface area contributed by atoms with Crippen LogP contribution in [0.4, 0.5) is 0 Å². The molecule has 2 nitrogen and oxygen atoms in total. The summed E-state index contributed by atoms with van der Waals surface area (Å²) in [5.74, 6) is 0. The number of ether oxygens (including phenoxy) is 1. The van der Waals surface area contributed by atoms with Gasteiger partial charge in [0.15, 0.2) is 0 Å². The summed E-state index contributed by atoms with van der Waals surface area (Å²) in [7, 11) is 0. The number of hydrogen-bond donors (Lipinski definition) is 1. The first kappa shape index (κ1) is 24.4. The van der Waals surface area contributed by atoms with Crippen LogP contribution in [0.1, 0.15) is 58.8 Å². The second kappa shape index (κ2) is 21.4. The molecule has 1 N–H and O–H groups in total. The predicted octanol–water partition coefficient (Wildman–Crippen LogP) is 6.47. The fourth-order valence-corrected chi connectivity index (χ4v) is 2.20. The van der Waals surface area contributed by atoms with Crippen LogP contribution in [0.5, 0.6) is 0 Å². The first-order chi connectivity index (χ1) is 12.8. The zero-order valence-electron chi connectivity index (χ0n) is 16.7. The number of rotatable bonds is 16. The summed E-state index contributed by atoms with van der Waals surface area (Å²) in [6, 6.07) is 0. The molecule has 146 valence electrons. The Bertz CT molecular complexity index is 453. The number of aliphatic hydroxyl groups is 1. The van der Waals surface area contributed by atoms with Gasteiger partial charge in [0.1, 0.15) is 0 Å². The van der Waals surface area contributed by atoms with Gasteiger partial charge in [0.05, 0.1) is 12.7 Å². The van der Waals surface area contributed by atoms with Gasteiger partial charge in [0, 0.05) is 6.61 Å². The molecule has 0 heterocycles. The minimum atomic E-state index is -0.0652. The molecule has 0 bridgehead atoms. The first-order valence-electron chi connectivity index (χ1n) is 9.97. The fourth-order valence-electron chi connectivity index (χ4n) is 2.20. The van der Waals surface area contributed by atoms with Gasteiger partial charge in [-0.1, -0.05) is 79.8 Å². The van der Waals surface area contributed by atoms with E-state index in [9.17, 15) is 0 Å². The van der Waals surface area contributed by atoms with E-state index < -0.39 is 0 Å². The molecule has 0 aromatic rings. The Hall–Kier alpha value is -1.64. The highest BCUT2D eigenvalue weighted by atomic mass is 16.5. The van der Waals surface area contributed by atoms with E-state index in [1.807, 2.05) is 6.92 Å². The van der Waals surface area contributed by atoms with Crippen LogP contribution in [0.3, 0.4) is 0 Å². The summed E-state index contributed by atoms with van der Waals surface area (Å²) in [5.41, 5.74) is 0.